The van der Waals surface area contributed by atoms with E-state index in [1.54, 1.807) is 0 Å². The summed E-state index contributed by atoms with van der Waals surface area (Å²) in [4.78, 5) is 57.7. The van der Waals surface area contributed by atoms with Crippen molar-refractivity contribution in [2.45, 2.75) is 26.8 Å². The lowest BCUT2D eigenvalue weighted by atomic mass is 10.2. The summed E-state index contributed by atoms with van der Waals surface area (Å²) in [7, 11) is 1.17. The van der Waals surface area contributed by atoms with Gasteiger partial charge in [0, 0.05) is 26.5 Å². The van der Waals surface area contributed by atoms with Crippen LogP contribution in [0.25, 0.3) is 6.08 Å². The Bertz CT molecular complexity index is 879. The summed E-state index contributed by atoms with van der Waals surface area (Å²) in [5, 5.41) is -0.664. The molecule has 0 saturated heterocycles. The van der Waals surface area contributed by atoms with Gasteiger partial charge in [0.25, 0.3) is 5.12 Å². The topological polar surface area (TPSA) is 148 Å². The van der Waals surface area contributed by atoms with Crippen LogP contribution in [0, 0.1) is 0 Å². The normalized spacial score (nSPS) is 11.8. The molecule has 0 spiro atoms. The number of carbonyl (C=O) groups is 5. The van der Waals surface area contributed by atoms with Gasteiger partial charge in [-0.05, 0) is 23.8 Å². The molecule has 10 nitrogen and oxygen atoms in total. The molecule has 0 aromatic heterocycles. The van der Waals surface area contributed by atoms with Crippen molar-refractivity contribution in [3.05, 3.63) is 29.5 Å². The van der Waals surface area contributed by atoms with E-state index < -0.39 is 35.0 Å². The van der Waals surface area contributed by atoms with E-state index in [2.05, 4.69) is 4.74 Å². The van der Waals surface area contributed by atoms with Gasteiger partial charge in [0.2, 0.25) is 0 Å². The monoisotopic (exact) mass is 439 g/mol. The molecule has 30 heavy (non-hydrogen) atoms. The van der Waals surface area contributed by atoms with E-state index in [9.17, 15) is 24.0 Å². The summed E-state index contributed by atoms with van der Waals surface area (Å²) in [6, 6.07) is 3.08. The molecule has 2 N–H and O–H groups in total. The Labute approximate surface area is 176 Å². The highest BCUT2D eigenvalue weighted by molar-refractivity contribution is 8.14. The summed E-state index contributed by atoms with van der Waals surface area (Å²) in [6.07, 6.45) is 1.23. The van der Waals surface area contributed by atoms with Crippen molar-refractivity contribution in [3.8, 4) is 11.5 Å². The first-order chi connectivity index (χ1) is 14.0. The zero-order chi connectivity index (χ0) is 22.8. The lowest BCUT2D eigenvalue weighted by molar-refractivity contribution is -0.141. The van der Waals surface area contributed by atoms with Gasteiger partial charge in [0.1, 0.15) is 6.04 Å². The molecule has 1 aromatic rings. The third-order valence-electron chi connectivity index (χ3n) is 3.13. The van der Waals surface area contributed by atoms with Gasteiger partial charge in [-0.15, -0.1) is 0 Å². The molecular formula is C19H21NO9S. The van der Waals surface area contributed by atoms with E-state index in [1.807, 2.05) is 0 Å². The predicted octanol–water partition coefficient (Wildman–Crippen LogP) is 1.20. The van der Waals surface area contributed by atoms with Gasteiger partial charge in [-0.2, -0.15) is 0 Å². The Kier molecular flexibility index (Phi) is 9.72. The summed E-state index contributed by atoms with van der Waals surface area (Å²) in [6.45, 7) is 3.45. The number of carbonyl (C=O) groups excluding carboxylic acids is 5. The lowest BCUT2D eigenvalue weighted by Gasteiger charge is -2.11. The molecule has 0 aliphatic rings. The summed E-state index contributed by atoms with van der Waals surface area (Å²) < 4.78 is 19.4. The number of rotatable bonds is 8. The van der Waals surface area contributed by atoms with E-state index in [4.69, 9.17) is 19.9 Å². The number of hydrogen-bond acceptors (Lipinski definition) is 11. The fraction of sp³-hybridized carbons (Fsp3) is 0.316. The smallest absolute Gasteiger partial charge is 0.323 e. The molecule has 0 unspecified atom stereocenters. The van der Waals surface area contributed by atoms with E-state index in [1.165, 1.54) is 38.3 Å². The predicted molar refractivity (Wildman–Crippen MR) is 106 cm³/mol. The van der Waals surface area contributed by atoms with Gasteiger partial charge in [0.15, 0.2) is 17.3 Å². The maximum Gasteiger partial charge on any atom is 0.323 e. The van der Waals surface area contributed by atoms with E-state index in [0.29, 0.717) is 17.3 Å². The number of nitrogens with two attached hydrogens (primary N) is 1. The molecule has 0 radical (unpaired) electrons. The third-order valence-corrected chi connectivity index (χ3v) is 4.11. The van der Waals surface area contributed by atoms with Crippen LogP contribution in [0.5, 0.6) is 11.5 Å². The molecule has 0 bridgehead atoms. The standard InChI is InChI=1S/C19H21NO9S/c1-10(21)27-15-6-5-13(7-16(15)28-11(2)22)8-17(29-12(3)23)19(25)30-9-14(20)18(24)26-4/h5-8,14H,9,20H2,1-4H3/b17-8-/t14-/m0/s1. The van der Waals surface area contributed by atoms with Crippen molar-refractivity contribution in [3.63, 3.8) is 0 Å². The average Bonchev–Trinajstić information content (AvgIpc) is 2.65. The Morgan fingerprint density at radius 1 is 1.00 bits per heavy atom. The van der Waals surface area contributed by atoms with Crippen LogP contribution in [0.1, 0.15) is 26.3 Å². The summed E-state index contributed by atoms with van der Waals surface area (Å²) >= 11 is 0.659. The highest BCUT2D eigenvalue weighted by Gasteiger charge is 2.20. The highest BCUT2D eigenvalue weighted by Crippen LogP contribution is 2.30. The Morgan fingerprint density at radius 3 is 2.13 bits per heavy atom. The molecule has 0 fully saturated rings. The van der Waals surface area contributed by atoms with Crippen LogP contribution in [0.4, 0.5) is 0 Å². The van der Waals surface area contributed by atoms with Crippen LogP contribution in [0.2, 0.25) is 0 Å². The van der Waals surface area contributed by atoms with Crippen LogP contribution in [-0.4, -0.2) is 47.9 Å². The minimum Gasteiger partial charge on any atom is -0.468 e. The molecule has 0 heterocycles. The van der Waals surface area contributed by atoms with Crippen LogP contribution in [-0.2, 0) is 33.4 Å². The quantitative estimate of drug-likeness (QED) is 0.269. The average molecular weight is 439 g/mol. The van der Waals surface area contributed by atoms with Gasteiger partial charge < -0.3 is 24.7 Å². The Hall–Kier alpha value is -3.18. The van der Waals surface area contributed by atoms with Crippen molar-refractivity contribution < 1.29 is 42.9 Å². The first kappa shape index (κ1) is 24.9. The van der Waals surface area contributed by atoms with Gasteiger partial charge >= 0.3 is 23.9 Å². The van der Waals surface area contributed by atoms with Crippen molar-refractivity contribution in [2.24, 2.45) is 5.73 Å². The number of hydrogen-bond donors (Lipinski definition) is 1. The fourth-order valence-electron chi connectivity index (χ4n) is 1.98. The molecule has 0 saturated carbocycles. The fourth-order valence-corrected chi connectivity index (χ4v) is 2.69. The maximum absolute atomic E-state index is 12.4. The third kappa shape index (κ3) is 8.45. The van der Waals surface area contributed by atoms with Gasteiger partial charge in [-0.1, -0.05) is 17.8 Å². The minimum atomic E-state index is -1.04. The zero-order valence-corrected chi connectivity index (χ0v) is 17.6. The molecule has 0 aliphatic heterocycles. The Balaban J connectivity index is 3.18. The van der Waals surface area contributed by atoms with Gasteiger partial charge in [-0.3, -0.25) is 24.0 Å². The lowest BCUT2D eigenvalue weighted by Crippen LogP contribution is -2.34. The molecule has 0 aliphatic carbocycles. The molecule has 1 rings (SSSR count). The first-order valence-electron chi connectivity index (χ1n) is 8.45. The van der Waals surface area contributed by atoms with E-state index in [-0.39, 0.29) is 23.0 Å². The number of ether oxygens (including phenoxy) is 4. The molecule has 1 aromatic carbocycles. The van der Waals surface area contributed by atoms with Crippen LogP contribution in [0.3, 0.4) is 0 Å². The van der Waals surface area contributed by atoms with Crippen LogP contribution >= 0.6 is 11.8 Å². The van der Waals surface area contributed by atoms with Crippen LogP contribution < -0.4 is 15.2 Å². The van der Waals surface area contributed by atoms with E-state index in [0.717, 1.165) is 13.8 Å². The highest BCUT2D eigenvalue weighted by atomic mass is 32.2. The maximum atomic E-state index is 12.4. The molecular weight excluding hydrogens is 418 g/mol. The minimum absolute atomic E-state index is 0.00589. The van der Waals surface area contributed by atoms with Crippen molar-refractivity contribution in [1.29, 1.82) is 0 Å². The SMILES string of the molecule is COC(=O)[C@@H](N)CSC(=O)/C(=C/c1ccc(OC(C)=O)c(OC(C)=O)c1)OC(C)=O. The number of thioether (sulfide) groups is 1. The molecule has 0 amide bonds. The van der Waals surface area contributed by atoms with Gasteiger partial charge in [-0.25, -0.2) is 0 Å². The molecule has 1 atom stereocenters. The number of benzene rings is 1. The second-order valence-electron chi connectivity index (χ2n) is 5.72. The molecule has 162 valence electrons. The van der Waals surface area contributed by atoms with E-state index >= 15 is 0 Å². The number of methoxy groups -OCH3 is 1. The van der Waals surface area contributed by atoms with Crippen molar-refractivity contribution in [1.82, 2.24) is 0 Å². The van der Waals surface area contributed by atoms with Crippen LogP contribution in [0.15, 0.2) is 24.0 Å². The van der Waals surface area contributed by atoms with Crippen molar-refractivity contribution in [2.75, 3.05) is 12.9 Å². The second kappa shape index (κ2) is 11.7. The Morgan fingerprint density at radius 2 is 1.60 bits per heavy atom. The van der Waals surface area contributed by atoms with Gasteiger partial charge in [0.05, 0.1) is 7.11 Å². The first-order valence-corrected chi connectivity index (χ1v) is 9.43. The summed E-state index contributed by atoms with van der Waals surface area (Å²) in [5.74, 6) is -3.24. The second-order valence-corrected chi connectivity index (χ2v) is 6.72. The zero-order valence-electron chi connectivity index (χ0n) is 16.8. The molecule has 11 heteroatoms. The summed E-state index contributed by atoms with van der Waals surface area (Å²) in [5.41, 5.74) is 5.90. The largest absolute Gasteiger partial charge is 0.468 e. The van der Waals surface area contributed by atoms with Crippen molar-refractivity contribution >= 4 is 46.8 Å². The number of esters is 4.